The highest BCUT2D eigenvalue weighted by molar-refractivity contribution is 6.06. The highest BCUT2D eigenvalue weighted by Gasteiger charge is 2.43. The van der Waals surface area contributed by atoms with Crippen LogP contribution in [-0.4, -0.2) is 50.7 Å². The molecule has 1 fully saturated rings. The minimum atomic E-state index is -2.84. The van der Waals surface area contributed by atoms with Crippen molar-refractivity contribution in [2.24, 2.45) is 5.92 Å². The molecule has 0 aromatic carbocycles. The summed E-state index contributed by atoms with van der Waals surface area (Å²) in [5.41, 5.74) is 2.27. The number of carbonyl (C=O) groups excluding carboxylic acids is 1. The van der Waals surface area contributed by atoms with Crippen molar-refractivity contribution in [3.63, 3.8) is 0 Å². The van der Waals surface area contributed by atoms with Gasteiger partial charge in [0.05, 0.1) is 22.4 Å². The van der Waals surface area contributed by atoms with Crippen molar-refractivity contribution in [3.05, 3.63) is 35.6 Å². The first kappa shape index (κ1) is 26.9. The van der Waals surface area contributed by atoms with Crippen molar-refractivity contribution >= 4 is 23.2 Å². The topological polar surface area (TPSA) is 122 Å². The van der Waals surface area contributed by atoms with Crippen LogP contribution in [0.15, 0.2) is 22.9 Å². The van der Waals surface area contributed by atoms with E-state index in [1.807, 2.05) is 19.9 Å². The Bertz CT molecular complexity index is 1340. The molecule has 39 heavy (non-hydrogen) atoms. The molecular formula is C27H34F2N8O2. The van der Waals surface area contributed by atoms with E-state index in [2.05, 4.69) is 49.5 Å². The van der Waals surface area contributed by atoms with Crippen LogP contribution in [0.1, 0.15) is 82.9 Å². The van der Waals surface area contributed by atoms with Gasteiger partial charge in [0.15, 0.2) is 0 Å². The van der Waals surface area contributed by atoms with E-state index in [4.69, 9.17) is 9.40 Å². The summed E-state index contributed by atoms with van der Waals surface area (Å²) in [6.07, 6.45) is 2.38. The Kier molecular flexibility index (Phi) is 7.46. The first-order valence-electron chi connectivity index (χ1n) is 13.4. The molecule has 5 heterocycles. The molecule has 10 nitrogen and oxygen atoms in total. The molecule has 0 aliphatic carbocycles. The van der Waals surface area contributed by atoms with Crippen LogP contribution in [0.5, 0.6) is 0 Å². The van der Waals surface area contributed by atoms with Crippen molar-refractivity contribution in [1.82, 2.24) is 25.1 Å². The maximum atomic E-state index is 13.0. The molecule has 0 saturated carbocycles. The standard InChI is InChI=1S/C27H34F2N8O2/c1-15(2)6-5-11-30-17-7-8-18(24-35-36-25(39-24)21(28)29)33-20(17)16-9-12-37(13-10-16)23-19-22(31-14-32-23)34-26(38)27(19,3)4/h7-8,14-16,21,30H,5-6,9-13H2,1-4H3,(H,31,32,34,38). The predicted molar refractivity (Wildman–Crippen MR) is 143 cm³/mol. The third kappa shape index (κ3) is 5.41. The van der Waals surface area contributed by atoms with Crippen molar-refractivity contribution in [2.75, 3.05) is 35.2 Å². The Morgan fingerprint density at radius 2 is 1.95 bits per heavy atom. The molecule has 2 N–H and O–H groups in total. The molecule has 0 atom stereocenters. The molecule has 3 aromatic rings. The Morgan fingerprint density at radius 3 is 2.64 bits per heavy atom. The summed E-state index contributed by atoms with van der Waals surface area (Å²) in [7, 11) is 0. The normalized spacial score (nSPS) is 17.1. The van der Waals surface area contributed by atoms with E-state index in [9.17, 15) is 13.6 Å². The smallest absolute Gasteiger partial charge is 0.314 e. The molecule has 5 rings (SSSR count). The van der Waals surface area contributed by atoms with Crippen LogP contribution >= 0.6 is 0 Å². The molecule has 0 bridgehead atoms. The summed E-state index contributed by atoms with van der Waals surface area (Å²) in [6.45, 7) is 10.4. The van der Waals surface area contributed by atoms with Crippen LogP contribution < -0.4 is 15.5 Å². The van der Waals surface area contributed by atoms with E-state index in [1.165, 1.54) is 6.33 Å². The molecule has 208 valence electrons. The van der Waals surface area contributed by atoms with Crippen LogP contribution in [0, 0.1) is 5.92 Å². The number of nitrogens with zero attached hydrogens (tertiary/aromatic N) is 6. The van der Waals surface area contributed by atoms with E-state index in [0.717, 1.165) is 55.0 Å². The Balaban J connectivity index is 1.38. The third-order valence-corrected chi connectivity index (χ3v) is 7.48. The lowest BCUT2D eigenvalue weighted by Gasteiger charge is -2.35. The van der Waals surface area contributed by atoms with Gasteiger partial charge in [-0.25, -0.2) is 15.0 Å². The summed E-state index contributed by atoms with van der Waals surface area (Å²) in [5, 5.41) is 13.6. The van der Waals surface area contributed by atoms with Gasteiger partial charge in [-0.3, -0.25) is 4.79 Å². The molecule has 12 heteroatoms. The molecule has 2 aliphatic rings. The van der Waals surface area contributed by atoms with Crippen LogP contribution in [0.2, 0.25) is 0 Å². The van der Waals surface area contributed by atoms with Gasteiger partial charge in [0, 0.05) is 25.6 Å². The number of halogens is 2. The van der Waals surface area contributed by atoms with Crippen LogP contribution in [0.4, 0.5) is 26.1 Å². The number of pyridine rings is 1. The molecule has 0 unspecified atom stereocenters. The molecule has 3 aromatic heterocycles. The molecular weight excluding hydrogens is 506 g/mol. The molecule has 0 spiro atoms. The second-order valence-electron chi connectivity index (χ2n) is 11.1. The van der Waals surface area contributed by atoms with E-state index < -0.39 is 17.7 Å². The first-order valence-corrected chi connectivity index (χ1v) is 13.4. The Morgan fingerprint density at radius 1 is 1.18 bits per heavy atom. The molecule has 2 aliphatic heterocycles. The number of piperidine rings is 1. The maximum Gasteiger partial charge on any atom is 0.314 e. The van der Waals surface area contributed by atoms with Gasteiger partial charge < -0.3 is 20.0 Å². The van der Waals surface area contributed by atoms with Crippen molar-refractivity contribution in [1.29, 1.82) is 0 Å². The predicted octanol–water partition coefficient (Wildman–Crippen LogP) is 5.32. The quantitative estimate of drug-likeness (QED) is 0.347. The zero-order valence-electron chi connectivity index (χ0n) is 22.7. The lowest BCUT2D eigenvalue weighted by Crippen LogP contribution is -2.36. The van der Waals surface area contributed by atoms with Crippen LogP contribution in [0.25, 0.3) is 11.6 Å². The number of alkyl halides is 2. The maximum absolute atomic E-state index is 13.0. The second-order valence-corrected chi connectivity index (χ2v) is 11.1. The fourth-order valence-corrected chi connectivity index (χ4v) is 5.24. The van der Waals surface area contributed by atoms with E-state index in [0.29, 0.717) is 30.5 Å². The fraction of sp³-hybridized carbons (Fsp3) is 0.556. The Hall–Kier alpha value is -3.70. The van der Waals surface area contributed by atoms with E-state index in [1.54, 1.807) is 6.07 Å². The first-order chi connectivity index (χ1) is 18.6. The zero-order valence-corrected chi connectivity index (χ0v) is 22.7. The van der Waals surface area contributed by atoms with Crippen molar-refractivity contribution in [3.8, 4) is 11.6 Å². The summed E-state index contributed by atoms with van der Waals surface area (Å²) in [5.74, 6) is 1.27. The summed E-state index contributed by atoms with van der Waals surface area (Å²) in [4.78, 5) is 28.4. The van der Waals surface area contributed by atoms with Gasteiger partial charge in [-0.05, 0) is 57.6 Å². The van der Waals surface area contributed by atoms with Crippen LogP contribution in [0.3, 0.4) is 0 Å². The highest BCUT2D eigenvalue weighted by Crippen LogP contribution is 2.43. The monoisotopic (exact) mass is 540 g/mol. The Labute approximate surface area is 226 Å². The molecule has 0 radical (unpaired) electrons. The zero-order chi connectivity index (χ0) is 27.7. The van der Waals surface area contributed by atoms with Gasteiger partial charge in [0.1, 0.15) is 23.7 Å². The minimum Gasteiger partial charge on any atom is -0.414 e. The number of amides is 1. The lowest BCUT2D eigenvalue weighted by atomic mass is 9.86. The second kappa shape index (κ2) is 10.8. The average Bonchev–Trinajstić information content (AvgIpc) is 3.50. The number of hydrogen-bond acceptors (Lipinski definition) is 9. The number of carbonyl (C=O) groups is 1. The third-order valence-electron chi connectivity index (χ3n) is 7.48. The molecule has 1 amide bonds. The minimum absolute atomic E-state index is 0.0220. The van der Waals surface area contributed by atoms with Gasteiger partial charge in [0.2, 0.25) is 5.91 Å². The van der Waals surface area contributed by atoms with Crippen molar-refractivity contribution < 1.29 is 18.0 Å². The number of aromatic nitrogens is 5. The summed E-state index contributed by atoms with van der Waals surface area (Å²) in [6, 6.07) is 3.64. The number of nitrogens with one attached hydrogen (secondary N) is 2. The number of rotatable bonds is 9. The van der Waals surface area contributed by atoms with Gasteiger partial charge in [0.25, 0.3) is 11.8 Å². The number of anilines is 3. The van der Waals surface area contributed by atoms with Gasteiger partial charge >= 0.3 is 6.43 Å². The number of hydrogen-bond donors (Lipinski definition) is 2. The van der Waals surface area contributed by atoms with E-state index in [-0.39, 0.29) is 17.7 Å². The number of fused-ring (bicyclic) bond motifs is 1. The summed E-state index contributed by atoms with van der Waals surface area (Å²) >= 11 is 0. The van der Waals surface area contributed by atoms with Crippen molar-refractivity contribution in [2.45, 2.75) is 71.1 Å². The van der Waals surface area contributed by atoms with E-state index >= 15 is 0 Å². The van der Waals surface area contributed by atoms with Crippen LogP contribution in [-0.2, 0) is 10.2 Å². The van der Waals surface area contributed by atoms with Gasteiger partial charge in [-0.1, -0.05) is 13.8 Å². The molecule has 1 saturated heterocycles. The lowest BCUT2D eigenvalue weighted by molar-refractivity contribution is -0.119. The van der Waals surface area contributed by atoms with Gasteiger partial charge in [-0.2, -0.15) is 8.78 Å². The van der Waals surface area contributed by atoms with Gasteiger partial charge in [-0.15, -0.1) is 10.2 Å². The largest absolute Gasteiger partial charge is 0.414 e. The highest BCUT2D eigenvalue weighted by atomic mass is 19.3. The summed E-state index contributed by atoms with van der Waals surface area (Å²) < 4.78 is 31.2. The fourth-order valence-electron chi connectivity index (χ4n) is 5.24. The SMILES string of the molecule is CC(C)CCCNc1ccc(-c2nnc(C(F)F)o2)nc1C1CCN(c2ncnc3c2C(C)(C)C(=O)N3)CC1. The average molecular weight is 541 g/mol.